The molecule has 3 heteroatoms. The molecule has 0 aromatic rings. The molecule has 0 spiro atoms. The van der Waals surface area contributed by atoms with Gasteiger partial charge in [0.1, 0.15) is 0 Å². The van der Waals surface area contributed by atoms with Gasteiger partial charge in [0.25, 0.3) is 0 Å². The zero-order valence-corrected chi connectivity index (χ0v) is 10.5. The zero-order chi connectivity index (χ0) is 11.0. The van der Waals surface area contributed by atoms with Crippen LogP contribution in [0.3, 0.4) is 0 Å². The lowest BCUT2D eigenvalue weighted by Gasteiger charge is -2.35. The predicted octanol–water partition coefficient (Wildman–Crippen LogP) is 0.764. The largest absolute Gasteiger partial charge is 0.312 e. The first-order valence-corrected chi connectivity index (χ1v) is 6.99. The van der Waals surface area contributed by atoms with Crippen LogP contribution in [0.25, 0.3) is 0 Å². The van der Waals surface area contributed by atoms with Crippen molar-refractivity contribution in [2.75, 3.05) is 39.8 Å². The van der Waals surface area contributed by atoms with E-state index in [1.54, 1.807) is 0 Å². The lowest BCUT2D eigenvalue weighted by atomic mass is 9.94. The van der Waals surface area contributed by atoms with Crippen LogP contribution in [0.4, 0.5) is 0 Å². The van der Waals surface area contributed by atoms with E-state index in [9.17, 15) is 0 Å². The van der Waals surface area contributed by atoms with Gasteiger partial charge in [-0.3, -0.25) is 4.90 Å². The average molecular weight is 223 g/mol. The molecule has 92 valence electrons. The maximum absolute atomic E-state index is 3.71. The van der Waals surface area contributed by atoms with Gasteiger partial charge in [0.15, 0.2) is 0 Å². The van der Waals surface area contributed by atoms with Crippen LogP contribution in [-0.2, 0) is 0 Å². The highest BCUT2D eigenvalue weighted by atomic mass is 15.2. The molecule has 3 aliphatic heterocycles. The fourth-order valence-electron chi connectivity index (χ4n) is 3.74. The lowest BCUT2D eigenvalue weighted by molar-refractivity contribution is 0.139. The number of likely N-dealkylation sites (tertiary alicyclic amines) is 2. The maximum Gasteiger partial charge on any atom is 0.0235 e. The number of nitrogens with one attached hydrogen (secondary N) is 1. The van der Waals surface area contributed by atoms with Gasteiger partial charge in [-0.25, -0.2) is 0 Å². The number of rotatable bonds is 1. The summed E-state index contributed by atoms with van der Waals surface area (Å²) in [5.41, 5.74) is 0. The number of fused-ring (bicyclic) bond motifs is 1. The van der Waals surface area contributed by atoms with Gasteiger partial charge in [0.05, 0.1) is 0 Å². The molecule has 0 aliphatic carbocycles. The molecule has 3 saturated heterocycles. The molecule has 3 fully saturated rings. The van der Waals surface area contributed by atoms with Crippen LogP contribution in [0.2, 0.25) is 0 Å². The summed E-state index contributed by atoms with van der Waals surface area (Å²) in [6.07, 6.45) is 5.62. The molecule has 0 aromatic heterocycles. The summed E-state index contributed by atoms with van der Waals surface area (Å²) < 4.78 is 0. The molecule has 0 radical (unpaired) electrons. The van der Waals surface area contributed by atoms with E-state index in [0.717, 1.165) is 18.0 Å². The van der Waals surface area contributed by atoms with E-state index in [-0.39, 0.29) is 0 Å². The lowest BCUT2D eigenvalue weighted by Crippen LogP contribution is -2.44. The molecule has 2 atom stereocenters. The molecule has 0 bridgehead atoms. The van der Waals surface area contributed by atoms with Crippen molar-refractivity contribution in [1.29, 1.82) is 0 Å². The summed E-state index contributed by atoms with van der Waals surface area (Å²) in [5, 5.41) is 3.71. The van der Waals surface area contributed by atoms with Crippen molar-refractivity contribution in [1.82, 2.24) is 15.1 Å². The summed E-state index contributed by atoms with van der Waals surface area (Å²) >= 11 is 0. The number of hydrogen-bond donors (Lipinski definition) is 1. The van der Waals surface area contributed by atoms with Crippen molar-refractivity contribution in [2.24, 2.45) is 5.92 Å². The van der Waals surface area contributed by atoms with Crippen molar-refractivity contribution < 1.29 is 0 Å². The highest BCUT2D eigenvalue weighted by Crippen LogP contribution is 2.28. The van der Waals surface area contributed by atoms with E-state index in [1.165, 1.54) is 58.4 Å². The van der Waals surface area contributed by atoms with Crippen molar-refractivity contribution in [3.63, 3.8) is 0 Å². The Labute approximate surface area is 99.2 Å². The summed E-state index contributed by atoms with van der Waals surface area (Å²) in [6.45, 7) is 6.53. The number of nitrogens with zero attached hydrogens (tertiary/aromatic N) is 2. The topological polar surface area (TPSA) is 18.5 Å². The molecule has 3 rings (SSSR count). The van der Waals surface area contributed by atoms with Crippen LogP contribution < -0.4 is 5.32 Å². The van der Waals surface area contributed by atoms with Crippen molar-refractivity contribution in [3.05, 3.63) is 0 Å². The third-order valence-corrected chi connectivity index (χ3v) is 4.83. The minimum Gasteiger partial charge on any atom is -0.312 e. The van der Waals surface area contributed by atoms with Crippen LogP contribution in [-0.4, -0.2) is 61.7 Å². The molecular formula is C13H25N3. The van der Waals surface area contributed by atoms with Gasteiger partial charge >= 0.3 is 0 Å². The van der Waals surface area contributed by atoms with E-state index in [0.29, 0.717) is 0 Å². The average Bonchev–Trinajstić information content (AvgIpc) is 2.73. The second kappa shape index (κ2) is 4.63. The van der Waals surface area contributed by atoms with Crippen molar-refractivity contribution >= 4 is 0 Å². The van der Waals surface area contributed by atoms with Gasteiger partial charge in [-0.2, -0.15) is 0 Å². The molecule has 3 nitrogen and oxygen atoms in total. The molecule has 0 unspecified atom stereocenters. The molecule has 0 aromatic carbocycles. The third-order valence-electron chi connectivity index (χ3n) is 4.83. The number of hydrogen-bond acceptors (Lipinski definition) is 3. The van der Waals surface area contributed by atoms with Crippen molar-refractivity contribution in [2.45, 2.75) is 37.8 Å². The normalized spacial score (nSPS) is 38.8. The maximum atomic E-state index is 3.71. The first kappa shape index (κ1) is 11.0. The molecule has 16 heavy (non-hydrogen) atoms. The Kier molecular flexibility index (Phi) is 3.18. The Morgan fingerprint density at radius 3 is 2.62 bits per heavy atom. The molecular weight excluding hydrogens is 198 g/mol. The van der Waals surface area contributed by atoms with E-state index in [2.05, 4.69) is 22.2 Å². The summed E-state index contributed by atoms with van der Waals surface area (Å²) in [7, 11) is 2.25. The van der Waals surface area contributed by atoms with Crippen molar-refractivity contribution in [3.8, 4) is 0 Å². The van der Waals surface area contributed by atoms with E-state index in [1.807, 2.05) is 0 Å². The second-order valence-corrected chi connectivity index (χ2v) is 5.95. The quantitative estimate of drug-likeness (QED) is 0.708. The summed E-state index contributed by atoms with van der Waals surface area (Å²) in [4.78, 5) is 5.25. The SMILES string of the molecule is CN1CCC(N2C[C@@H]3CCCN[C@@H]3C2)CC1. The fourth-order valence-corrected chi connectivity index (χ4v) is 3.74. The summed E-state index contributed by atoms with van der Waals surface area (Å²) in [6, 6.07) is 1.69. The highest BCUT2D eigenvalue weighted by molar-refractivity contribution is 4.95. The van der Waals surface area contributed by atoms with Crippen LogP contribution in [0.5, 0.6) is 0 Å². The first-order chi connectivity index (χ1) is 7.83. The van der Waals surface area contributed by atoms with Gasteiger partial charge in [0.2, 0.25) is 0 Å². The standard InChI is InChI=1S/C13H25N3/c1-15-7-4-12(5-8-15)16-9-11-3-2-6-14-13(11)10-16/h11-14H,2-10H2,1H3/t11-,13+/m0/s1. The molecule has 0 saturated carbocycles. The third kappa shape index (κ3) is 2.13. The summed E-state index contributed by atoms with van der Waals surface area (Å²) in [5.74, 6) is 0.952. The Morgan fingerprint density at radius 2 is 1.88 bits per heavy atom. The smallest absolute Gasteiger partial charge is 0.0235 e. The molecule has 0 amide bonds. The van der Waals surface area contributed by atoms with Crippen LogP contribution in [0.15, 0.2) is 0 Å². The van der Waals surface area contributed by atoms with Gasteiger partial charge in [0, 0.05) is 25.2 Å². The van der Waals surface area contributed by atoms with Gasteiger partial charge in [-0.05, 0) is 58.3 Å². The monoisotopic (exact) mass is 223 g/mol. The van der Waals surface area contributed by atoms with Gasteiger partial charge in [-0.1, -0.05) is 0 Å². The van der Waals surface area contributed by atoms with E-state index < -0.39 is 0 Å². The minimum atomic E-state index is 0.813. The van der Waals surface area contributed by atoms with E-state index in [4.69, 9.17) is 0 Å². The molecule has 3 heterocycles. The minimum absolute atomic E-state index is 0.813. The van der Waals surface area contributed by atoms with Gasteiger partial charge < -0.3 is 10.2 Å². The zero-order valence-electron chi connectivity index (χ0n) is 10.5. The second-order valence-electron chi connectivity index (χ2n) is 5.95. The Hall–Kier alpha value is -0.120. The number of piperidine rings is 2. The Bertz CT molecular complexity index is 221. The highest BCUT2D eigenvalue weighted by Gasteiger charge is 2.37. The van der Waals surface area contributed by atoms with Crippen LogP contribution >= 0.6 is 0 Å². The van der Waals surface area contributed by atoms with E-state index >= 15 is 0 Å². The Morgan fingerprint density at radius 1 is 1.06 bits per heavy atom. The fraction of sp³-hybridized carbons (Fsp3) is 1.00. The predicted molar refractivity (Wildman–Crippen MR) is 66.6 cm³/mol. The molecule has 1 N–H and O–H groups in total. The van der Waals surface area contributed by atoms with Gasteiger partial charge in [-0.15, -0.1) is 0 Å². The molecule has 3 aliphatic rings. The Balaban J connectivity index is 1.56. The van der Waals surface area contributed by atoms with Crippen LogP contribution in [0, 0.1) is 5.92 Å². The first-order valence-electron chi connectivity index (χ1n) is 6.99. The van der Waals surface area contributed by atoms with Crippen LogP contribution in [0.1, 0.15) is 25.7 Å².